The Bertz CT molecular complexity index is 857. The third-order valence-corrected chi connectivity index (χ3v) is 5.91. The minimum absolute atomic E-state index is 0.00306. The van der Waals surface area contributed by atoms with Crippen LogP contribution in [0.1, 0.15) is 24.0 Å². The van der Waals surface area contributed by atoms with E-state index in [1.807, 2.05) is 18.2 Å². The molecule has 1 amide bonds. The summed E-state index contributed by atoms with van der Waals surface area (Å²) in [5.41, 5.74) is 3.29. The Hall–Kier alpha value is -2.34. The summed E-state index contributed by atoms with van der Waals surface area (Å²) in [4.78, 5) is 12.1. The lowest BCUT2D eigenvalue weighted by molar-refractivity contribution is -0.115. The molecule has 0 aliphatic heterocycles. The first kappa shape index (κ1) is 16.5. The summed E-state index contributed by atoms with van der Waals surface area (Å²) in [6, 6.07) is 11.2. The fourth-order valence-electron chi connectivity index (χ4n) is 2.87. The SMILES string of the molecule is O=C(CCS(=O)(=O)c1ccc(O)cc1)Nc1ccc2c(c1)CCC2. The average Bonchev–Trinajstić information content (AvgIpc) is 3.01. The number of amides is 1. The standard InChI is InChI=1S/C18H19NO4S/c20-16-6-8-17(9-7-16)24(22,23)11-10-18(21)19-15-5-4-13-2-1-3-14(13)12-15/h4-9,12,20H,1-3,10-11H2,(H,19,21). The Morgan fingerprint density at radius 1 is 1.04 bits per heavy atom. The molecule has 0 fully saturated rings. The number of aryl methyl sites for hydroxylation is 2. The minimum atomic E-state index is -3.55. The van der Waals surface area contributed by atoms with Crippen LogP contribution < -0.4 is 5.32 Å². The summed E-state index contributed by atoms with van der Waals surface area (Å²) in [6.45, 7) is 0. The van der Waals surface area contributed by atoms with Gasteiger partial charge >= 0.3 is 0 Å². The number of hydrogen-bond acceptors (Lipinski definition) is 4. The molecule has 0 aromatic heterocycles. The van der Waals surface area contributed by atoms with Gasteiger partial charge in [0.2, 0.25) is 5.91 Å². The predicted octanol–water partition coefficient (Wildman–Crippen LogP) is 2.68. The largest absolute Gasteiger partial charge is 0.508 e. The van der Waals surface area contributed by atoms with Crippen molar-refractivity contribution in [2.24, 2.45) is 0 Å². The van der Waals surface area contributed by atoms with E-state index in [4.69, 9.17) is 0 Å². The lowest BCUT2D eigenvalue weighted by Gasteiger charge is -2.08. The van der Waals surface area contributed by atoms with E-state index >= 15 is 0 Å². The number of phenols is 1. The molecule has 24 heavy (non-hydrogen) atoms. The Morgan fingerprint density at radius 3 is 2.50 bits per heavy atom. The number of benzene rings is 2. The summed E-state index contributed by atoms with van der Waals surface area (Å²) in [5, 5.41) is 12.0. The number of nitrogens with one attached hydrogen (secondary N) is 1. The fourth-order valence-corrected chi connectivity index (χ4v) is 4.11. The molecular weight excluding hydrogens is 326 g/mol. The van der Waals surface area contributed by atoms with Crippen LogP contribution in [0.25, 0.3) is 0 Å². The zero-order chi connectivity index (χ0) is 17.2. The molecule has 0 atom stereocenters. The number of hydrogen-bond donors (Lipinski definition) is 2. The molecule has 1 aliphatic carbocycles. The Morgan fingerprint density at radius 2 is 1.75 bits per heavy atom. The van der Waals surface area contributed by atoms with Gasteiger partial charge in [0.25, 0.3) is 0 Å². The lowest BCUT2D eigenvalue weighted by Crippen LogP contribution is -2.17. The van der Waals surface area contributed by atoms with Crippen molar-refractivity contribution in [3.05, 3.63) is 53.6 Å². The molecule has 6 heteroatoms. The smallest absolute Gasteiger partial charge is 0.225 e. The van der Waals surface area contributed by atoms with Gasteiger partial charge in [-0.25, -0.2) is 8.42 Å². The van der Waals surface area contributed by atoms with Crippen molar-refractivity contribution in [2.75, 3.05) is 11.1 Å². The molecule has 0 unspecified atom stereocenters. The van der Waals surface area contributed by atoms with Gasteiger partial charge in [0.05, 0.1) is 10.6 Å². The van der Waals surface area contributed by atoms with Crippen molar-refractivity contribution in [1.29, 1.82) is 0 Å². The molecule has 1 aliphatic rings. The van der Waals surface area contributed by atoms with E-state index in [2.05, 4.69) is 5.32 Å². The van der Waals surface area contributed by atoms with Crippen LogP contribution in [-0.4, -0.2) is 25.2 Å². The molecule has 2 aromatic carbocycles. The molecule has 0 spiro atoms. The normalized spacial score (nSPS) is 13.5. The second kappa shape index (κ2) is 6.65. The van der Waals surface area contributed by atoms with Crippen LogP contribution in [0.3, 0.4) is 0 Å². The van der Waals surface area contributed by atoms with Crippen LogP contribution in [0.2, 0.25) is 0 Å². The maximum atomic E-state index is 12.2. The van der Waals surface area contributed by atoms with E-state index in [0.717, 1.165) is 19.3 Å². The second-order valence-electron chi connectivity index (χ2n) is 5.95. The number of sulfone groups is 1. The average molecular weight is 345 g/mol. The maximum absolute atomic E-state index is 12.2. The van der Waals surface area contributed by atoms with E-state index in [0.29, 0.717) is 5.69 Å². The topological polar surface area (TPSA) is 83.5 Å². The minimum Gasteiger partial charge on any atom is -0.508 e. The summed E-state index contributed by atoms with van der Waals surface area (Å²) in [7, 11) is -3.55. The molecule has 2 aromatic rings. The van der Waals surface area contributed by atoms with Gasteiger partial charge in [-0.05, 0) is 66.8 Å². The molecule has 5 nitrogen and oxygen atoms in total. The molecule has 0 saturated heterocycles. The summed E-state index contributed by atoms with van der Waals surface area (Å²) < 4.78 is 24.4. The van der Waals surface area contributed by atoms with Crippen molar-refractivity contribution in [2.45, 2.75) is 30.6 Å². The van der Waals surface area contributed by atoms with Crippen molar-refractivity contribution < 1.29 is 18.3 Å². The quantitative estimate of drug-likeness (QED) is 0.873. The van der Waals surface area contributed by atoms with Gasteiger partial charge in [-0.3, -0.25) is 4.79 Å². The van der Waals surface area contributed by atoms with Crippen molar-refractivity contribution >= 4 is 21.4 Å². The highest BCUT2D eigenvalue weighted by Gasteiger charge is 2.17. The predicted molar refractivity (Wildman–Crippen MR) is 91.9 cm³/mol. The van der Waals surface area contributed by atoms with Gasteiger partial charge in [0.15, 0.2) is 9.84 Å². The first-order chi connectivity index (χ1) is 11.4. The third-order valence-electron chi connectivity index (χ3n) is 4.18. The van der Waals surface area contributed by atoms with Crippen LogP contribution >= 0.6 is 0 Å². The van der Waals surface area contributed by atoms with E-state index in [-0.39, 0.29) is 28.7 Å². The van der Waals surface area contributed by atoms with Gasteiger partial charge in [-0.1, -0.05) is 6.07 Å². The number of aromatic hydroxyl groups is 1. The van der Waals surface area contributed by atoms with Crippen LogP contribution in [0.4, 0.5) is 5.69 Å². The number of carbonyl (C=O) groups is 1. The van der Waals surface area contributed by atoms with E-state index in [1.54, 1.807) is 0 Å². The van der Waals surface area contributed by atoms with Crippen molar-refractivity contribution in [1.82, 2.24) is 0 Å². The number of anilines is 1. The molecule has 0 saturated carbocycles. The first-order valence-corrected chi connectivity index (χ1v) is 9.53. The Kier molecular flexibility index (Phi) is 4.57. The van der Waals surface area contributed by atoms with Gasteiger partial charge in [0.1, 0.15) is 5.75 Å². The Labute approximate surface area is 141 Å². The van der Waals surface area contributed by atoms with E-state index < -0.39 is 9.84 Å². The van der Waals surface area contributed by atoms with E-state index in [9.17, 15) is 18.3 Å². The maximum Gasteiger partial charge on any atom is 0.225 e. The van der Waals surface area contributed by atoms with Gasteiger partial charge < -0.3 is 10.4 Å². The Balaban J connectivity index is 1.60. The van der Waals surface area contributed by atoms with Crippen LogP contribution in [0, 0.1) is 0 Å². The van der Waals surface area contributed by atoms with E-state index in [1.165, 1.54) is 35.4 Å². The highest BCUT2D eigenvalue weighted by molar-refractivity contribution is 7.91. The zero-order valence-electron chi connectivity index (χ0n) is 13.2. The molecule has 0 bridgehead atoms. The summed E-state index contributed by atoms with van der Waals surface area (Å²) in [5.74, 6) is -0.590. The van der Waals surface area contributed by atoms with Crippen LogP contribution in [-0.2, 0) is 27.5 Å². The molecular formula is C18H19NO4S. The molecule has 3 rings (SSSR count). The lowest BCUT2D eigenvalue weighted by atomic mass is 10.1. The van der Waals surface area contributed by atoms with Crippen molar-refractivity contribution in [3.63, 3.8) is 0 Å². The number of fused-ring (bicyclic) bond motifs is 1. The number of carbonyl (C=O) groups excluding carboxylic acids is 1. The monoisotopic (exact) mass is 345 g/mol. The number of phenolic OH excluding ortho intramolecular Hbond substituents is 1. The second-order valence-corrected chi connectivity index (χ2v) is 8.06. The molecule has 0 heterocycles. The molecule has 126 valence electrons. The van der Waals surface area contributed by atoms with Crippen LogP contribution in [0.15, 0.2) is 47.4 Å². The fraction of sp³-hybridized carbons (Fsp3) is 0.278. The van der Waals surface area contributed by atoms with Crippen molar-refractivity contribution in [3.8, 4) is 5.75 Å². The van der Waals surface area contributed by atoms with Crippen LogP contribution in [0.5, 0.6) is 5.75 Å². The summed E-state index contributed by atoms with van der Waals surface area (Å²) >= 11 is 0. The van der Waals surface area contributed by atoms with Gasteiger partial charge in [0, 0.05) is 12.1 Å². The highest BCUT2D eigenvalue weighted by Crippen LogP contribution is 2.25. The number of rotatable bonds is 5. The summed E-state index contributed by atoms with van der Waals surface area (Å²) in [6.07, 6.45) is 3.13. The molecule has 2 N–H and O–H groups in total. The first-order valence-electron chi connectivity index (χ1n) is 7.87. The third kappa shape index (κ3) is 3.76. The highest BCUT2D eigenvalue weighted by atomic mass is 32.2. The zero-order valence-corrected chi connectivity index (χ0v) is 14.0. The van der Waals surface area contributed by atoms with Gasteiger partial charge in [-0.15, -0.1) is 0 Å². The molecule has 0 radical (unpaired) electrons. The van der Waals surface area contributed by atoms with Gasteiger partial charge in [-0.2, -0.15) is 0 Å².